The number of thioether (sulfide) groups is 1. The van der Waals surface area contributed by atoms with Gasteiger partial charge in [0, 0.05) is 21.5 Å². The van der Waals surface area contributed by atoms with Crippen LogP contribution in [0.4, 0.5) is 0 Å². The second-order valence-electron chi connectivity index (χ2n) is 5.12. The highest BCUT2D eigenvalue weighted by atomic mass is 35.5. The van der Waals surface area contributed by atoms with E-state index in [1.807, 2.05) is 12.1 Å². The second-order valence-corrected chi connectivity index (χ2v) is 7.08. The molecule has 1 heterocycles. The van der Waals surface area contributed by atoms with Crippen LogP contribution in [0.1, 0.15) is 12.5 Å². The number of nitrogens with zero attached hydrogens (tertiary/aromatic N) is 1. The number of amides is 2. The predicted molar refractivity (Wildman–Crippen MR) is 98.1 cm³/mol. The molecule has 0 aromatic heterocycles. The van der Waals surface area contributed by atoms with Crippen molar-refractivity contribution in [3.8, 4) is 0 Å². The second kappa shape index (κ2) is 7.01. The van der Waals surface area contributed by atoms with Gasteiger partial charge in [-0.3, -0.25) is 14.5 Å². The van der Waals surface area contributed by atoms with Gasteiger partial charge >= 0.3 is 0 Å². The molecule has 0 fully saturated rings. The molecule has 2 amide bonds. The van der Waals surface area contributed by atoms with Gasteiger partial charge in [0.25, 0.3) is 11.8 Å². The third-order valence-electron chi connectivity index (χ3n) is 3.61. The Balaban J connectivity index is 2.07. The van der Waals surface area contributed by atoms with Crippen molar-refractivity contribution in [2.45, 2.75) is 11.8 Å². The monoisotopic (exact) mass is 377 g/mol. The number of hydrogen-bond acceptors (Lipinski definition) is 3. The van der Waals surface area contributed by atoms with Crippen molar-refractivity contribution in [1.82, 2.24) is 4.90 Å². The van der Waals surface area contributed by atoms with Gasteiger partial charge in [0.15, 0.2) is 0 Å². The Morgan fingerprint density at radius 2 is 1.42 bits per heavy atom. The molecule has 0 spiro atoms. The van der Waals surface area contributed by atoms with Crippen molar-refractivity contribution in [2.24, 2.45) is 0 Å². The van der Waals surface area contributed by atoms with Crippen molar-refractivity contribution >= 4 is 52.4 Å². The van der Waals surface area contributed by atoms with E-state index >= 15 is 0 Å². The van der Waals surface area contributed by atoms with E-state index in [0.29, 0.717) is 32.6 Å². The first kappa shape index (κ1) is 17.1. The lowest BCUT2D eigenvalue weighted by Gasteiger charge is -2.11. The summed E-state index contributed by atoms with van der Waals surface area (Å²) in [6, 6.07) is 14.1. The standard InChI is InChI=1S/C18H13Cl2NO2S/c1-2-21-17(22)15(11-3-5-12(19)6-4-11)16(18(21)23)24-14-9-7-13(20)8-10-14/h3-10H,2H2,1H3. The van der Waals surface area contributed by atoms with Crippen molar-refractivity contribution in [3.63, 3.8) is 0 Å². The fourth-order valence-electron chi connectivity index (χ4n) is 2.43. The molecule has 3 rings (SSSR count). The van der Waals surface area contributed by atoms with Crippen LogP contribution < -0.4 is 0 Å². The molecule has 24 heavy (non-hydrogen) atoms. The molecule has 0 saturated heterocycles. The highest BCUT2D eigenvalue weighted by molar-refractivity contribution is 8.04. The van der Waals surface area contributed by atoms with Gasteiger partial charge in [-0.1, -0.05) is 47.1 Å². The Hall–Kier alpha value is -1.75. The fourth-order valence-corrected chi connectivity index (χ4v) is 3.69. The third-order valence-corrected chi connectivity index (χ3v) is 5.20. The predicted octanol–water partition coefficient (Wildman–Crippen LogP) is 4.89. The minimum Gasteiger partial charge on any atom is -0.274 e. The zero-order valence-corrected chi connectivity index (χ0v) is 15.1. The van der Waals surface area contributed by atoms with Gasteiger partial charge < -0.3 is 0 Å². The summed E-state index contributed by atoms with van der Waals surface area (Å²) in [6.45, 7) is 2.12. The van der Waals surface area contributed by atoms with Gasteiger partial charge in [0.05, 0.1) is 10.5 Å². The Morgan fingerprint density at radius 1 is 0.875 bits per heavy atom. The average molecular weight is 378 g/mol. The number of imide groups is 1. The maximum Gasteiger partial charge on any atom is 0.268 e. The summed E-state index contributed by atoms with van der Waals surface area (Å²) in [5.74, 6) is -0.548. The van der Waals surface area contributed by atoms with Crippen molar-refractivity contribution < 1.29 is 9.59 Å². The van der Waals surface area contributed by atoms with Gasteiger partial charge in [-0.15, -0.1) is 0 Å². The maximum absolute atomic E-state index is 12.7. The summed E-state index contributed by atoms with van der Waals surface area (Å²) in [6.07, 6.45) is 0. The molecule has 0 bridgehead atoms. The van der Waals surface area contributed by atoms with Crippen molar-refractivity contribution in [1.29, 1.82) is 0 Å². The molecule has 2 aromatic rings. The summed E-state index contributed by atoms with van der Waals surface area (Å²) in [5.41, 5.74) is 1.10. The highest BCUT2D eigenvalue weighted by Gasteiger charge is 2.38. The molecule has 0 aliphatic carbocycles. The zero-order valence-electron chi connectivity index (χ0n) is 12.8. The van der Waals surface area contributed by atoms with E-state index in [1.54, 1.807) is 43.3 Å². The Bertz CT molecular complexity index is 829. The molecule has 6 heteroatoms. The van der Waals surface area contributed by atoms with E-state index < -0.39 is 0 Å². The molecule has 0 atom stereocenters. The van der Waals surface area contributed by atoms with Crippen molar-refractivity contribution in [2.75, 3.05) is 6.54 Å². The van der Waals surface area contributed by atoms with Gasteiger partial charge in [-0.25, -0.2) is 0 Å². The van der Waals surface area contributed by atoms with Gasteiger partial charge in [0.1, 0.15) is 0 Å². The molecule has 122 valence electrons. The van der Waals surface area contributed by atoms with E-state index in [0.717, 1.165) is 4.90 Å². The topological polar surface area (TPSA) is 37.4 Å². The first-order chi connectivity index (χ1) is 11.5. The van der Waals surface area contributed by atoms with Gasteiger partial charge in [-0.05, 0) is 48.9 Å². The van der Waals surface area contributed by atoms with Crippen LogP contribution in [0, 0.1) is 0 Å². The molecule has 0 N–H and O–H groups in total. The lowest BCUT2D eigenvalue weighted by molar-refractivity contribution is -0.136. The van der Waals surface area contributed by atoms with Crippen LogP contribution in [0.25, 0.3) is 5.57 Å². The zero-order chi connectivity index (χ0) is 17.3. The van der Waals surface area contributed by atoms with Gasteiger partial charge in [-0.2, -0.15) is 0 Å². The molecule has 0 unspecified atom stereocenters. The summed E-state index contributed by atoms with van der Waals surface area (Å²) in [4.78, 5) is 27.8. The molecule has 1 aliphatic rings. The lowest BCUT2D eigenvalue weighted by atomic mass is 10.1. The van der Waals surface area contributed by atoms with Crippen LogP contribution in [0.5, 0.6) is 0 Å². The molecule has 0 radical (unpaired) electrons. The normalized spacial score (nSPS) is 14.7. The molecular weight excluding hydrogens is 365 g/mol. The molecule has 3 nitrogen and oxygen atoms in total. The smallest absolute Gasteiger partial charge is 0.268 e. The van der Waals surface area contributed by atoms with Crippen molar-refractivity contribution in [3.05, 3.63) is 69.0 Å². The average Bonchev–Trinajstić information content (AvgIpc) is 2.81. The number of hydrogen-bond donors (Lipinski definition) is 0. The van der Waals surface area contributed by atoms with Crippen LogP contribution >= 0.6 is 35.0 Å². The number of likely N-dealkylation sites (N-methyl/N-ethyl adjacent to an activating group) is 1. The minimum absolute atomic E-state index is 0.271. The van der Waals surface area contributed by atoms with Crippen LogP contribution in [0.3, 0.4) is 0 Å². The van der Waals surface area contributed by atoms with E-state index in [9.17, 15) is 9.59 Å². The van der Waals surface area contributed by atoms with Crippen LogP contribution in [-0.2, 0) is 9.59 Å². The van der Waals surface area contributed by atoms with E-state index in [1.165, 1.54) is 16.7 Å². The SMILES string of the molecule is CCN1C(=O)C(Sc2ccc(Cl)cc2)=C(c2ccc(Cl)cc2)C1=O. The van der Waals surface area contributed by atoms with Crippen LogP contribution in [0.15, 0.2) is 58.3 Å². The maximum atomic E-state index is 12.7. The number of benzene rings is 2. The lowest BCUT2D eigenvalue weighted by Crippen LogP contribution is -2.31. The largest absolute Gasteiger partial charge is 0.274 e. The van der Waals surface area contributed by atoms with Crippen LogP contribution in [0.2, 0.25) is 10.0 Å². The first-order valence-electron chi connectivity index (χ1n) is 7.31. The number of halogens is 2. The molecular formula is C18H13Cl2NO2S. The molecule has 1 aliphatic heterocycles. The Morgan fingerprint density at radius 3 is 1.96 bits per heavy atom. The summed E-state index contributed by atoms with van der Waals surface area (Å²) >= 11 is 13.1. The third kappa shape index (κ3) is 3.22. The number of carbonyl (C=O) groups is 2. The first-order valence-corrected chi connectivity index (χ1v) is 8.88. The Kier molecular flexibility index (Phi) is 4.99. The number of rotatable bonds is 4. The van der Waals surface area contributed by atoms with E-state index in [-0.39, 0.29) is 11.8 Å². The summed E-state index contributed by atoms with van der Waals surface area (Å²) in [7, 11) is 0. The highest BCUT2D eigenvalue weighted by Crippen LogP contribution is 2.39. The molecule has 0 saturated carbocycles. The summed E-state index contributed by atoms with van der Waals surface area (Å²) < 4.78 is 0. The van der Waals surface area contributed by atoms with E-state index in [2.05, 4.69) is 0 Å². The van der Waals surface area contributed by atoms with E-state index in [4.69, 9.17) is 23.2 Å². The minimum atomic E-state index is -0.277. The Labute approximate surface area is 154 Å². The number of carbonyl (C=O) groups excluding carboxylic acids is 2. The quantitative estimate of drug-likeness (QED) is 0.712. The van der Waals surface area contributed by atoms with Crippen LogP contribution in [-0.4, -0.2) is 23.3 Å². The molecule has 2 aromatic carbocycles. The summed E-state index contributed by atoms with van der Waals surface area (Å²) in [5, 5.41) is 1.20. The van der Waals surface area contributed by atoms with Gasteiger partial charge in [0.2, 0.25) is 0 Å². The fraction of sp³-hybridized carbons (Fsp3) is 0.111.